The van der Waals surface area contributed by atoms with Gasteiger partial charge in [0.1, 0.15) is 0 Å². The van der Waals surface area contributed by atoms with Crippen molar-refractivity contribution in [3.8, 4) is 0 Å². The van der Waals surface area contributed by atoms with Gasteiger partial charge in [0.2, 0.25) is 0 Å². The highest BCUT2D eigenvalue weighted by atomic mass is 28.3. The largest absolute Gasteiger partial charge is 0.416 e. The molecule has 0 aliphatic carbocycles. The summed E-state index contributed by atoms with van der Waals surface area (Å²) in [5.41, 5.74) is -0.536. The van der Waals surface area contributed by atoms with Crippen LogP contribution in [0.1, 0.15) is 5.56 Å². The minimum absolute atomic E-state index is 0.536. The first kappa shape index (κ1) is 10.3. The molecule has 0 N–H and O–H groups in total. The Bertz CT molecular complexity index is 291. The molecule has 0 atom stereocenters. The van der Waals surface area contributed by atoms with Crippen LogP contribution in [0.3, 0.4) is 0 Å². The van der Waals surface area contributed by atoms with Crippen molar-refractivity contribution in [1.82, 2.24) is 0 Å². The fourth-order valence-electron chi connectivity index (χ4n) is 1.07. The molecule has 0 aromatic heterocycles. The average Bonchev–Trinajstić information content (AvgIpc) is 2.03. The number of hydrogen-bond donors (Lipinski definition) is 0. The van der Waals surface area contributed by atoms with Gasteiger partial charge >= 0.3 is 6.18 Å². The lowest BCUT2D eigenvalue weighted by Crippen LogP contribution is -2.24. The SMILES string of the molecule is C[SiH](C)c1cccc(C(F)(F)F)c1. The first-order chi connectivity index (χ1) is 5.91. The van der Waals surface area contributed by atoms with Crippen LogP contribution < -0.4 is 5.19 Å². The Morgan fingerprint density at radius 3 is 2.23 bits per heavy atom. The number of alkyl halides is 3. The summed E-state index contributed by atoms with van der Waals surface area (Å²) in [6.45, 7) is 4.02. The zero-order chi connectivity index (χ0) is 10.1. The third-order valence-corrected chi connectivity index (χ3v) is 3.57. The van der Waals surface area contributed by atoms with E-state index in [1.807, 2.05) is 13.1 Å². The Hall–Kier alpha value is -0.773. The molecule has 0 fully saturated rings. The van der Waals surface area contributed by atoms with Gasteiger partial charge in [-0.1, -0.05) is 42.5 Å². The zero-order valence-corrected chi connectivity index (χ0v) is 8.68. The topological polar surface area (TPSA) is 0 Å². The molecule has 0 nitrogen and oxygen atoms in total. The minimum atomic E-state index is -4.21. The number of rotatable bonds is 1. The lowest BCUT2D eigenvalue weighted by molar-refractivity contribution is -0.137. The standard InChI is InChI=1S/C9H11F3Si/c1-13(2)8-5-3-4-7(6-8)9(10,11)12/h3-6,13H,1-2H3. The summed E-state index contributed by atoms with van der Waals surface area (Å²) >= 11 is 0. The van der Waals surface area contributed by atoms with E-state index in [-0.39, 0.29) is 0 Å². The molecule has 0 unspecified atom stereocenters. The third-order valence-electron chi connectivity index (χ3n) is 1.88. The van der Waals surface area contributed by atoms with Crippen molar-refractivity contribution in [1.29, 1.82) is 0 Å². The van der Waals surface area contributed by atoms with Gasteiger partial charge in [-0.15, -0.1) is 0 Å². The molecule has 0 heterocycles. The molecule has 0 saturated heterocycles. The van der Waals surface area contributed by atoms with E-state index in [9.17, 15) is 13.2 Å². The van der Waals surface area contributed by atoms with Crippen LogP contribution in [0.2, 0.25) is 13.1 Å². The second-order valence-corrected chi connectivity index (χ2v) is 6.25. The smallest absolute Gasteiger partial charge is 0.166 e. The maximum Gasteiger partial charge on any atom is 0.416 e. The fraction of sp³-hybridized carbons (Fsp3) is 0.333. The Kier molecular flexibility index (Phi) is 2.80. The molecule has 72 valence electrons. The van der Waals surface area contributed by atoms with Crippen molar-refractivity contribution in [3.05, 3.63) is 29.8 Å². The van der Waals surface area contributed by atoms with Gasteiger partial charge in [-0.05, 0) is 0 Å². The lowest BCUT2D eigenvalue weighted by Gasteiger charge is -2.09. The van der Waals surface area contributed by atoms with Crippen LogP contribution >= 0.6 is 0 Å². The van der Waals surface area contributed by atoms with Crippen molar-refractivity contribution in [3.63, 3.8) is 0 Å². The van der Waals surface area contributed by atoms with Crippen molar-refractivity contribution in [2.75, 3.05) is 0 Å². The quantitative estimate of drug-likeness (QED) is 0.616. The summed E-state index contributed by atoms with van der Waals surface area (Å²) in [5, 5.41) is 0.856. The highest BCUT2D eigenvalue weighted by Gasteiger charge is 2.30. The fourth-order valence-corrected chi connectivity index (χ4v) is 2.08. The summed E-state index contributed by atoms with van der Waals surface area (Å²) < 4.78 is 36.7. The molecule has 0 aliphatic heterocycles. The van der Waals surface area contributed by atoms with E-state index >= 15 is 0 Å². The molecule has 1 aromatic rings. The summed E-state index contributed by atoms with van der Waals surface area (Å²) in [6.07, 6.45) is -4.21. The highest BCUT2D eigenvalue weighted by Crippen LogP contribution is 2.28. The van der Waals surface area contributed by atoms with Crippen LogP contribution in [0.15, 0.2) is 24.3 Å². The van der Waals surface area contributed by atoms with Crippen molar-refractivity contribution >= 4 is 14.0 Å². The summed E-state index contributed by atoms with van der Waals surface area (Å²) in [7, 11) is -1.13. The molecular weight excluding hydrogens is 193 g/mol. The summed E-state index contributed by atoms with van der Waals surface area (Å²) in [5.74, 6) is 0. The van der Waals surface area contributed by atoms with Gasteiger partial charge in [0.15, 0.2) is 0 Å². The first-order valence-corrected chi connectivity index (χ1v) is 6.97. The van der Waals surface area contributed by atoms with Crippen molar-refractivity contribution in [2.24, 2.45) is 0 Å². The number of hydrogen-bond acceptors (Lipinski definition) is 0. The molecule has 4 heteroatoms. The van der Waals surface area contributed by atoms with E-state index in [0.29, 0.717) is 0 Å². The Balaban J connectivity index is 3.06. The second kappa shape index (κ2) is 3.53. The highest BCUT2D eigenvalue weighted by molar-refractivity contribution is 6.70. The minimum Gasteiger partial charge on any atom is -0.166 e. The second-order valence-electron chi connectivity index (χ2n) is 3.28. The number of benzene rings is 1. The molecule has 0 bridgehead atoms. The molecule has 13 heavy (non-hydrogen) atoms. The van der Waals surface area contributed by atoms with Gasteiger partial charge in [0.05, 0.1) is 14.4 Å². The predicted molar refractivity (Wildman–Crippen MR) is 50.0 cm³/mol. The third kappa shape index (κ3) is 2.59. The maximum atomic E-state index is 12.2. The average molecular weight is 204 g/mol. The molecular formula is C9H11F3Si. The van der Waals surface area contributed by atoms with Gasteiger partial charge in [-0.25, -0.2) is 0 Å². The Morgan fingerprint density at radius 2 is 1.77 bits per heavy atom. The lowest BCUT2D eigenvalue weighted by atomic mass is 10.2. The van der Waals surface area contributed by atoms with E-state index in [0.717, 1.165) is 11.3 Å². The van der Waals surface area contributed by atoms with Crippen LogP contribution in [0.5, 0.6) is 0 Å². The first-order valence-electron chi connectivity index (χ1n) is 4.08. The molecule has 1 rings (SSSR count). The summed E-state index contributed by atoms with van der Waals surface area (Å²) in [4.78, 5) is 0. The van der Waals surface area contributed by atoms with Crippen LogP contribution in [0.4, 0.5) is 13.2 Å². The zero-order valence-electron chi connectivity index (χ0n) is 7.52. The van der Waals surface area contributed by atoms with Crippen LogP contribution in [0.25, 0.3) is 0 Å². The Morgan fingerprint density at radius 1 is 1.15 bits per heavy atom. The monoisotopic (exact) mass is 204 g/mol. The molecule has 0 radical (unpaired) electrons. The molecule has 0 aliphatic rings. The Labute approximate surface area is 77.0 Å². The van der Waals surface area contributed by atoms with E-state index in [4.69, 9.17) is 0 Å². The van der Waals surface area contributed by atoms with Gasteiger partial charge in [0.25, 0.3) is 0 Å². The van der Waals surface area contributed by atoms with Crippen LogP contribution in [-0.2, 0) is 6.18 Å². The maximum absolute atomic E-state index is 12.2. The van der Waals surface area contributed by atoms with E-state index in [2.05, 4.69) is 0 Å². The van der Waals surface area contributed by atoms with Crippen molar-refractivity contribution < 1.29 is 13.2 Å². The van der Waals surface area contributed by atoms with Gasteiger partial charge in [0, 0.05) is 0 Å². The van der Waals surface area contributed by atoms with Crippen LogP contribution in [-0.4, -0.2) is 8.80 Å². The summed E-state index contributed by atoms with van der Waals surface area (Å²) in [6, 6.07) is 5.62. The van der Waals surface area contributed by atoms with Crippen molar-refractivity contribution in [2.45, 2.75) is 19.3 Å². The normalized spacial score (nSPS) is 12.2. The van der Waals surface area contributed by atoms with Gasteiger partial charge in [-0.2, -0.15) is 13.2 Å². The van der Waals surface area contributed by atoms with Gasteiger partial charge < -0.3 is 0 Å². The van der Waals surface area contributed by atoms with E-state index < -0.39 is 20.5 Å². The molecule has 0 amide bonds. The predicted octanol–water partition coefficient (Wildman–Crippen LogP) is 2.40. The number of halogens is 3. The van der Waals surface area contributed by atoms with Gasteiger partial charge in [-0.3, -0.25) is 0 Å². The van der Waals surface area contributed by atoms with Crippen LogP contribution in [0, 0.1) is 0 Å². The molecule has 1 aromatic carbocycles. The molecule has 0 spiro atoms. The van der Waals surface area contributed by atoms with E-state index in [1.165, 1.54) is 12.1 Å². The molecule has 0 saturated carbocycles. The van der Waals surface area contributed by atoms with E-state index in [1.54, 1.807) is 6.07 Å².